The lowest BCUT2D eigenvalue weighted by Crippen LogP contribution is -1.95. The molecule has 0 amide bonds. The first-order valence-electron chi connectivity index (χ1n) is 5.12. The molecule has 1 aromatic heterocycles. The van der Waals surface area contributed by atoms with Crippen molar-refractivity contribution < 1.29 is 18.7 Å². The van der Waals surface area contributed by atoms with Crippen molar-refractivity contribution in [2.75, 3.05) is 21.3 Å². The molecule has 0 radical (unpaired) electrons. The molecular formula is C12H12ClNO4. The Balaban J connectivity index is 2.63. The van der Waals surface area contributed by atoms with Crippen LogP contribution >= 0.6 is 11.6 Å². The third-order valence-corrected chi connectivity index (χ3v) is 2.63. The molecule has 0 unspecified atom stereocenters. The van der Waals surface area contributed by atoms with Crippen LogP contribution in [0.2, 0.25) is 5.22 Å². The van der Waals surface area contributed by atoms with E-state index < -0.39 is 0 Å². The Morgan fingerprint density at radius 1 is 1.00 bits per heavy atom. The normalized spacial score (nSPS) is 10.2. The minimum absolute atomic E-state index is 0.199. The molecule has 0 fully saturated rings. The maximum Gasteiger partial charge on any atom is 0.226 e. The van der Waals surface area contributed by atoms with Gasteiger partial charge in [-0.2, -0.15) is 0 Å². The second-order valence-corrected chi connectivity index (χ2v) is 3.80. The number of hydrogen-bond acceptors (Lipinski definition) is 5. The fraction of sp³-hybridized carbons (Fsp3) is 0.250. The van der Waals surface area contributed by atoms with Crippen LogP contribution in [0.3, 0.4) is 0 Å². The molecule has 5 nitrogen and oxygen atoms in total. The molecule has 2 aromatic rings. The van der Waals surface area contributed by atoms with Gasteiger partial charge in [-0.1, -0.05) is 5.16 Å². The molecule has 0 aliphatic heterocycles. The van der Waals surface area contributed by atoms with Gasteiger partial charge in [0, 0.05) is 18.2 Å². The van der Waals surface area contributed by atoms with Crippen LogP contribution in [0.15, 0.2) is 22.7 Å². The smallest absolute Gasteiger partial charge is 0.226 e. The van der Waals surface area contributed by atoms with Gasteiger partial charge in [-0.25, -0.2) is 0 Å². The summed E-state index contributed by atoms with van der Waals surface area (Å²) >= 11 is 5.72. The minimum atomic E-state index is 0.199. The van der Waals surface area contributed by atoms with Gasteiger partial charge in [-0.3, -0.25) is 0 Å². The van der Waals surface area contributed by atoms with E-state index in [2.05, 4.69) is 5.16 Å². The SMILES string of the molecule is COc1cc(OC)c(-c2cc(Cl)on2)c(OC)c1. The predicted octanol–water partition coefficient (Wildman–Crippen LogP) is 3.02. The molecule has 0 N–H and O–H groups in total. The zero-order chi connectivity index (χ0) is 13.1. The number of nitrogens with zero attached hydrogens (tertiary/aromatic N) is 1. The van der Waals surface area contributed by atoms with Gasteiger partial charge in [0.2, 0.25) is 5.22 Å². The number of methoxy groups -OCH3 is 3. The van der Waals surface area contributed by atoms with Crippen LogP contribution in [-0.2, 0) is 0 Å². The van der Waals surface area contributed by atoms with Gasteiger partial charge in [-0.15, -0.1) is 0 Å². The predicted molar refractivity (Wildman–Crippen MR) is 66.6 cm³/mol. The Kier molecular flexibility index (Phi) is 3.62. The largest absolute Gasteiger partial charge is 0.496 e. The van der Waals surface area contributed by atoms with Gasteiger partial charge in [0.05, 0.1) is 26.9 Å². The summed E-state index contributed by atoms with van der Waals surface area (Å²) in [6.07, 6.45) is 0. The maximum absolute atomic E-state index is 5.72. The molecule has 2 rings (SSSR count). The molecule has 0 spiro atoms. The molecule has 0 bridgehead atoms. The molecular weight excluding hydrogens is 258 g/mol. The molecule has 0 saturated heterocycles. The number of ether oxygens (including phenoxy) is 3. The van der Waals surface area contributed by atoms with Gasteiger partial charge >= 0.3 is 0 Å². The fourth-order valence-corrected chi connectivity index (χ4v) is 1.77. The van der Waals surface area contributed by atoms with Crippen molar-refractivity contribution in [3.8, 4) is 28.5 Å². The van der Waals surface area contributed by atoms with E-state index in [-0.39, 0.29) is 5.22 Å². The third-order valence-electron chi connectivity index (χ3n) is 2.45. The number of rotatable bonds is 4. The van der Waals surface area contributed by atoms with E-state index in [1.54, 1.807) is 39.5 Å². The van der Waals surface area contributed by atoms with Crippen molar-refractivity contribution in [1.29, 1.82) is 0 Å². The summed E-state index contributed by atoms with van der Waals surface area (Å²) in [5, 5.41) is 4.05. The maximum atomic E-state index is 5.72. The Hall–Kier alpha value is -1.88. The highest BCUT2D eigenvalue weighted by molar-refractivity contribution is 6.29. The standard InChI is InChI=1S/C12H12ClNO4/c1-15-7-4-9(16-2)12(10(5-7)17-3)8-6-11(13)18-14-8/h4-6H,1-3H3. The summed E-state index contributed by atoms with van der Waals surface area (Å²) in [5.74, 6) is 1.76. The van der Waals surface area contributed by atoms with Crippen LogP contribution in [0, 0.1) is 0 Å². The first-order chi connectivity index (χ1) is 8.69. The van der Waals surface area contributed by atoms with Crippen molar-refractivity contribution in [1.82, 2.24) is 5.16 Å². The van der Waals surface area contributed by atoms with E-state index in [1.807, 2.05) is 0 Å². The number of hydrogen-bond donors (Lipinski definition) is 0. The van der Waals surface area contributed by atoms with Crippen molar-refractivity contribution in [2.45, 2.75) is 0 Å². The van der Waals surface area contributed by atoms with Gasteiger partial charge in [0.1, 0.15) is 22.9 Å². The summed E-state index contributed by atoms with van der Waals surface area (Å²) in [4.78, 5) is 0. The van der Waals surface area contributed by atoms with E-state index in [0.29, 0.717) is 28.5 Å². The van der Waals surface area contributed by atoms with Crippen LogP contribution < -0.4 is 14.2 Å². The molecule has 0 saturated carbocycles. The first-order valence-corrected chi connectivity index (χ1v) is 5.50. The zero-order valence-electron chi connectivity index (χ0n) is 10.2. The average molecular weight is 270 g/mol. The van der Waals surface area contributed by atoms with E-state index in [0.717, 1.165) is 0 Å². The summed E-state index contributed by atoms with van der Waals surface area (Å²) < 4.78 is 20.6. The molecule has 1 aromatic carbocycles. The van der Waals surface area contributed by atoms with Crippen LogP contribution in [0.1, 0.15) is 0 Å². The molecule has 0 aliphatic rings. The minimum Gasteiger partial charge on any atom is -0.496 e. The number of benzene rings is 1. The van der Waals surface area contributed by atoms with Crippen molar-refractivity contribution in [2.24, 2.45) is 0 Å². The van der Waals surface area contributed by atoms with Crippen LogP contribution in [0.25, 0.3) is 11.3 Å². The molecule has 96 valence electrons. The molecule has 1 heterocycles. The summed E-state index contributed by atoms with van der Waals surface area (Å²) in [7, 11) is 4.68. The second kappa shape index (κ2) is 5.18. The molecule has 18 heavy (non-hydrogen) atoms. The van der Waals surface area contributed by atoms with E-state index in [9.17, 15) is 0 Å². The van der Waals surface area contributed by atoms with Crippen LogP contribution in [0.5, 0.6) is 17.2 Å². The Morgan fingerprint density at radius 2 is 1.61 bits per heavy atom. The molecule has 0 atom stereocenters. The third kappa shape index (κ3) is 2.22. The number of halogens is 1. The van der Waals surface area contributed by atoms with E-state index in [1.165, 1.54) is 0 Å². The van der Waals surface area contributed by atoms with Gasteiger partial charge in [-0.05, 0) is 11.6 Å². The highest BCUT2D eigenvalue weighted by Gasteiger charge is 2.18. The second-order valence-electron chi connectivity index (χ2n) is 3.42. The van der Waals surface area contributed by atoms with Crippen LogP contribution in [-0.4, -0.2) is 26.5 Å². The van der Waals surface area contributed by atoms with E-state index in [4.69, 9.17) is 30.3 Å². The Bertz CT molecular complexity index is 528. The van der Waals surface area contributed by atoms with Crippen LogP contribution in [0.4, 0.5) is 0 Å². The quantitative estimate of drug-likeness (QED) is 0.854. The summed E-state index contributed by atoms with van der Waals surface area (Å²) in [5.41, 5.74) is 1.20. The highest BCUT2D eigenvalue weighted by atomic mass is 35.5. The van der Waals surface area contributed by atoms with E-state index >= 15 is 0 Å². The first kappa shape index (κ1) is 12.6. The average Bonchev–Trinajstić information content (AvgIpc) is 2.83. The van der Waals surface area contributed by atoms with Gasteiger partial charge in [0.15, 0.2) is 0 Å². The molecule has 6 heteroatoms. The fourth-order valence-electron chi connectivity index (χ4n) is 1.63. The summed E-state index contributed by atoms with van der Waals surface area (Å²) in [6, 6.07) is 5.06. The lowest BCUT2D eigenvalue weighted by atomic mass is 10.1. The Labute approximate surface area is 109 Å². The van der Waals surface area contributed by atoms with Gasteiger partial charge in [0.25, 0.3) is 0 Å². The van der Waals surface area contributed by atoms with Crippen molar-refractivity contribution >= 4 is 11.6 Å². The lowest BCUT2D eigenvalue weighted by Gasteiger charge is -2.12. The zero-order valence-corrected chi connectivity index (χ0v) is 10.9. The van der Waals surface area contributed by atoms with Crippen molar-refractivity contribution in [3.63, 3.8) is 0 Å². The lowest BCUT2D eigenvalue weighted by molar-refractivity contribution is 0.376. The summed E-state index contributed by atoms with van der Waals surface area (Å²) in [6.45, 7) is 0. The van der Waals surface area contributed by atoms with Crippen molar-refractivity contribution in [3.05, 3.63) is 23.4 Å². The topological polar surface area (TPSA) is 53.7 Å². The Morgan fingerprint density at radius 3 is 2.00 bits per heavy atom. The molecule has 0 aliphatic carbocycles. The number of aromatic nitrogens is 1. The van der Waals surface area contributed by atoms with Gasteiger partial charge < -0.3 is 18.7 Å². The monoisotopic (exact) mass is 269 g/mol. The highest BCUT2D eigenvalue weighted by Crippen LogP contribution is 2.41.